The number of methoxy groups -OCH3 is 1. The number of hydrogen-bond donors (Lipinski definition) is 5. The number of fused-ring (bicyclic) bond motifs is 1. The summed E-state index contributed by atoms with van der Waals surface area (Å²) in [6, 6.07) is 22.1. The number of nitrogens with one attached hydrogen (secondary N) is 2. The van der Waals surface area contributed by atoms with Gasteiger partial charge in [-0.2, -0.15) is 0 Å². The molecule has 4 aromatic rings. The first-order valence-corrected chi connectivity index (χ1v) is 18.3. The first-order chi connectivity index (χ1) is 24.8. The lowest BCUT2D eigenvalue weighted by Gasteiger charge is -2.33. The summed E-state index contributed by atoms with van der Waals surface area (Å²) in [5.41, 5.74) is -0.313. The number of aliphatic hydroxyl groups is 2. The number of unbranched alkanes of at least 4 members (excludes halogenated alkanes) is 6. The molecule has 0 bridgehead atoms. The zero-order chi connectivity index (χ0) is 36.1. The third kappa shape index (κ3) is 10.2. The van der Waals surface area contributed by atoms with Gasteiger partial charge in [-0.05, 0) is 93.2 Å². The van der Waals surface area contributed by atoms with Crippen molar-refractivity contribution in [2.75, 3.05) is 46.4 Å². The number of phenols is 1. The normalized spacial score (nSPS) is 15.7. The van der Waals surface area contributed by atoms with E-state index < -0.39 is 17.7 Å². The Labute approximate surface area is 300 Å². The van der Waals surface area contributed by atoms with E-state index in [1.54, 1.807) is 67.8 Å². The maximum absolute atomic E-state index is 13.5. The van der Waals surface area contributed by atoms with Gasteiger partial charge in [0.05, 0.1) is 25.3 Å². The zero-order valence-corrected chi connectivity index (χ0v) is 29.7. The largest absolute Gasteiger partial charge is 0.506 e. The maximum atomic E-state index is 13.5. The first-order valence-electron chi connectivity index (χ1n) is 18.3. The summed E-state index contributed by atoms with van der Waals surface area (Å²) in [5.74, 6) is 0.154. The number of phenolic OH excluding ortho intramolecular Hbond substituents is 1. The topological polar surface area (TPSA) is 144 Å². The lowest BCUT2D eigenvalue weighted by molar-refractivity contribution is -0.164. The molecule has 5 N–H and O–H groups in total. The molecule has 10 heteroatoms. The quantitative estimate of drug-likeness (QED) is 0.0607. The monoisotopic (exact) mass is 699 g/mol. The Balaban J connectivity index is 0.914. The van der Waals surface area contributed by atoms with Crippen molar-refractivity contribution in [3.63, 3.8) is 0 Å². The van der Waals surface area contributed by atoms with Crippen LogP contribution in [0.25, 0.3) is 10.9 Å². The van der Waals surface area contributed by atoms with Crippen LogP contribution in [0.1, 0.15) is 80.6 Å². The lowest BCUT2D eigenvalue weighted by atomic mass is 9.86. The number of esters is 1. The summed E-state index contributed by atoms with van der Waals surface area (Å²) in [4.78, 5) is 30.2. The van der Waals surface area contributed by atoms with Crippen LogP contribution in [0.3, 0.4) is 0 Å². The van der Waals surface area contributed by atoms with Crippen molar-refractivity contribution in [2.24, 2.45) is 5.92 Å². The van der Waals surface area contributed by atoms with Gasteiger partial charge in [-0.3, -0.25) is 4.79 Å². The highest BCUT2D eigenvalue weighted by atomic mass is 16.5. The predicted molar refractivity (Wildman–Crippen MR) is 199 cm³/mol. The van der Waals surface area contributed by atoms with Crippen LogP contribution in [0, 0.1) is 5.92 Å². The number of piperidine rings is 1. The molecule has 0 radical (unpaired) electrons. The first kappa shape index (κ1) is 38.0. The number of aliphatic hydroxyl groups excluding tert-OH is 1. The summed E-state index contributed by atoms with van der Waals surface area (Å²) in [6.07, 6.45) is 9.44. The standard InChI is InChI=1S/C41H53N3O7/c1-50-33-16-12-15-32(27-33)41(49,31-13-8-7-9-14-31)40(48)51-29-30-21-25-44(26-22-30)24-11-6-4-2-3-5-10-23-42-28-37(46)34-17-19-36(45)39-35(34)18-20-38(47)43-39/h7-9,12-20,27,30,37,42,45-46,49H,2-6,10-11,21-26,28-29H2,1H3,(H,43,47)/t37-,41?/m1/s1. The highest BCUT2D eigenvalue weighted by Crippen LogP contribution is 2.34. The molecule has 0 spiro atoms. The highest BCUT2D eigenvalue weighted by Gasteiger charge is 2.42. The molecule has 5 rings (SSSR count). The Hall–Kier alpha value is -4.22. The predicted octanol–water partition coefficient (Wildman–Crippen LogP) is 5.79. The molecule has 1 aliphatic rings. The molecular weight excluding hydrogens is 646 g/mol. The molecule has 10 nitrogen and oxygen atoms in total. The van der Waals surface area contributed by atoms with Crippen LogP contribution in [0.2, 0.25) is 0 Å². The Morgan fingerprint density at radius 1 is 0.922 bits per heavy atom. The van der Waals surface area contributed by atoms with Crippen LogP contribution in [0.5, 0.6) is 11.5 Å². The van der Waals surface area contributed by atoms with Crippen LogP contribution in [0.15, 0.2) is 83.7 Å². The average Bonchev–Trinajstić information content (AvgIpc) is 3.16. The number of ether oxygens (including phenoxy) is 2. The fraction of sp³-hybridized carbons (Fsp3) is 0.463. The second-order valence-electron chi connectivity index (χ2n) is 13.7. The number of carbonyl (C=O) groups is 1. The van der Waals surface area contributed by atoms with Crippen LogP contribution >= 0.6 is 0 Å². The molecule has 2 heterocycles. The van der Waals surface area contributed by atoms with Crippen LogP contribution < -0.4 is 15.6 Å². The van der Waals surface area contributed by atoms with Crippen molar-refractivity contribution in [1.82, 2.24) is 15.2 Å². The van der Waals surface area contributed by atoms with Crippen molar-refractivity contribution in [1.29, 1.82) is 0 Å². The summed E-state index contributed by atoms with van der Waals surface area (Å²) in [7, 11) is 1.56. The molecule has 0 amide bonds. The molecule has 274 valence electrons. The molecule has 0 aliphatic carbocycles. The van der Waals surface area contributed by atoms with E-state index in [4.69, 9.17) is 9.47 Å². The van der Waals surface area contributed by atoms with Gasteiger partial charge in [0.15, 0.2) is 0 Å². The van der Waals surface area contributed by atoms with E-state index in [1.807, 2.05) is 6.07 Å². The molecule has 0 saturated carbocycles. The van der Waals surface area contributed by atoms with Crippen LogP contribution in [-0.4, -0.2) is 77.6 Å². The summed E-state index contributed by atoms with van der Waals surface area (Å²) >= 11 is 0. The summed E-state index contributed by atoms with van der Waals surface area (Å²) < 4.78 is 11.1. The minimum atomic E-state index is -1.92. The summed E-state index contributed by atoms with van der Waals surface area (Å²) in [5, 5.41) is 36.5. The Morgan fingerprint density at radius 2 is 1.63 bits per heavy atom. The van der Waals surface area contributed by atoms with Gasteiger partial charge in [0, 0.05) is 23.6 Å². The van der Waals surface area contributed by atoms with Crippen LogP contribution in [-0.2, 0) is 15.1 Å². The Bertz CT molecular complexity index is 1740. The fourth-order valence-electron chi connectivity index (χ4n) is 6.97. The SMILES string of the molecule is COc1cccc(C(O)(C(=O)OCC2CCN(CCCCCCCCCNC[C@@H](O)c3ccc(O)c4[nH]c(=O)ccc34)CC2)c2ccccc2)c1. The molecule has 1 aliphatic heterocycles. The van der Waals surface area contributed by atoms with E-state index in [0.29, 0.717) is 46.5 Å². The number of aromatic amines is 1. The van der Waals surface area contributed by atoms with E-state index in [2.05, 4.69) is 15.2 Å². The van der Waals surface area contributed by atoms with Crippen molar-refractivity contribution < 1.29 is 29.6 Å². The van der Waals surface area contributed by atoms with Gasteiger partial charge >= 0.3 is 5.97 Å². The highest BCUT2D eigenvalue weighted by molar-refractivity contribution is 5.87. The van der Waals surface area contributed by atoms with Gasteiger partial charge in [-0.1, -0.05) is 80.6 Å². The number of nitrogens with zero attached hydrogens (tertiary/aromatic N) is 1. The van der Waals surface area contributed by atoms with E-state index in [1.165, 1.54) is 44.2 Å². The van der Waals surface area contributed by atoms with Crippen molar-refractivity contribution in [3.05, 3.63) is 106 Å². The fourth-order valence-corrected chi connectivity index (χ4v) is 6.97. The second kappa shape index (κ2) is 18.9. The number of carbonyl (C=O) groups excluding carboxylic acids is 1. The van der Waals surface area contributed by atoms with E-state index in [9.17, 15) is 24.9 Å². The van der Waals surface area contributed by atoms with Crippen molar-refractivity contribution >= 4 is 16.9 Å². The van der Waals surface area contributed by atoms with Crippen molar-refractivity contribution in [3.8, 4) is 11.5 Å². The minimum Gasteiger partial charge on any atom is -0.506 e. The van der Waals surface area contributed by atoms with Gasteiger partial charge in [0.25, 0.3) is 0 Å². The van der Waals surface area contributed by atoms with Gasteiger partial charge < -0.3 is 40.0 Å². The van der Waals surface area contributed by atoms with E-state index in [-0.39, 0.29) is 17.2 Å². The van der Waals surface area contributed by atoms with Crippen LogP contribution in [0.4, 0.5) is 0 Å². The molecule has 1 saturated heterocycles. The molecule has 1 aromatic heterocycles. The van der Waals surface area contributed by atoms with Crippen molar-refractivity contribution in [2.45, 2.75) is 69.5 Å². The number of likely N-dealkylation sites (tertiary alicyclic amines) is 1. The lowest BCUT2D eigenvalue weighted by Crippen LogP contribution is -2.40. The smallest absolute Gasteiger partial charge is 0.347 e. The minimum absolute atomic E-state index is 0.00863. The molecule has 1 fully saturated rings. The number of rotatable bonds is 19. The molecular formula is C41H53N3O7. The molecule has 1 unspecified atom stereocenters. The number of H-pyrrole nitrogens is 1. The molecule has 2 atom stereocenters. The third-order valence-corrected chi connectivity index (χ3v) is 10.1. The Morgan fingerprint density at radius 3 is 2.37 bits per heavy atom. The number of aromatic nitrogens is 1. The maximum Gasteiger partial charge on any atom is 0.347 e. The van der Waals surface area contributed by atoms with Gasteiger partial charge in [0.1, 0.15) is 11.5 Å². The average molecular weight is 700 g/mol. The van der Waals surface area contributed by atoms with E-state index >= 15 is 0 Å². The second-order valence-corrected chi connectivity index (χ2v) is 13.7. The molecule has 51 heavy (non-hydrogen) atoms. The van der Waals surface area contributed by atoms with Gasteiger partial charge in [-0.25, -0.2) is 4.79 Å². The van der Waals surface area contributed by atoms with Gasteiger partial charge in [-0.15, -0.1) is 0 Å². The third-order valence-electron chi connectivity index (χ3n) is 10.1. The Kier molecular flexibility index (Phi) is 14.1. The number of aromatic hydroxyl groups is 1. The number of hydrogen-bond acceptors (Lipinski definition) is 9. The van der Waals surface area contributed by atoms with Gasteiger partial charge in [0.2, 0.25) is 11.2 Å². The van der Waals surface area contributed by atoms with E-state index in [0.717, 1.165) is 51.9 Å². The zero-order valence-electron chi connectivity index (χ0n) is 29.7. The summed E-state index contributed by atoms with van der Waals surface area (Å²) in [6.45, 7) is 4.60. The molecule has 3 aromatic carbocycles. The number of benzene rings is 3. The number of pyridine rings is 1.